The van der Waals surface area contributed by atoms with Crippen LogP contribution in [-0.4, -0.2) is 6.61 Å². The predicted molar refractivity (Wildman–Crippen MR) is 76.5 cm³/mol. The van der Waals surface area contributed by atoms with Crippen molar-refractivity contribution in [2.24, 2.45) is 0 Å². The van der Waals surface area contributed by atoms with Gasteiger partial charge in [-0.2, -0.15) is 5.26 Å². The van der Waals surface area contributed by atoms with Crippen molar-refractivity contribution in [1.82, 2.24) is 0 Å². The first-order valence-electron chi connectivity index (χ1n) is 6.03. The van der Waals surface area contributed by atoms with E-state index in [2.05, 4.69) is 11.4 Å². The molecule has 0 unspecified atom stereocenters. The normalized spacial score (nSPS) is 9.68. The van der Waals surface area contributed by atoms with E-state index >= 15 is 0 Å². The van der Waals surface area contributed by atoms with E-state index < -0.39 is 0 Å². The summed E-state index contributed by atoms with van der Waals surface area (Å²) in [6, 6.07) is 15.0. The summed E-state index contributed by atoms with van der Waals surface area (Å²) >= 11 is 0. The van der Waals surface area contributed by atoms with Crippen molar-refractivity contribution in [3.8, 4) is 11.8 Å². The molecule has 0 radical (unpaired) electrons. The second kappa shape index (κ2) is 5.78. The molecule has 4 nitrogen and oxygen atoms in total. The van der Waals surface area contributed by atoms with Crippen molar-refractivity contribution < 1.29 is 4.74 Å². The number of nitrogens with zero attached hydrogens (tertiary/aromatic N) is 1. The molecule has 0 aliphatic carbocycles. The molecule has 0 aliphatic heterocycles. The van der Waals surface area contributed by atoms with Gasteiger partial charge in [0, 0.05) is 0 Å². The average molecular weight is 253 g/mol. The fraction of sp³-hybridized carbons (Fsp3) is 0.133. The van der Waals surface area contributed by atoms with Crippen LogP contribution in [0.5, 0.6) is 5.75 Å². The van der Waals surface area contributed by atoms with Crippen LogP contribution < -0.4 is 15.8 Å². The molecule has 2 rings (SSSR count). The van der Waals surface area contributed by atoms with Crippen LogP contribution in [0, 0.1) is 11.3 Å². The van der Waals surface area contributed by atoms with Crippen molar-refractivity contribution >= 4 is 17.1 Å². The lowest BCUT2D eigenvalue weighted by Gasteiger charge is -2.14. The largest absolute Gasteiger partial charge is 0.492 e. The highest BCUT2D eigenvalue weighted by molar-refractivity contribution is 5.79. The fourth-order valence-electron chi connectivity index (χ4n) is 1.77. The number of nitrogen functional groups attached to an aromatic ring is 1. The van der Waals surface area contributed by atoms with Gasteiger partial charge in [-0.15, -0.1) is 0 Å². The summed E-state index contributed by atoms with van der Waals surface area (Å²) in [6.07, 6.45) is 0. The highest BCUT2D eigenvalue weighted by atomic mass is 16.5. The molecule has 0 heterocycles. The van der Waals surface area contributed by atoms with E-state index in [0.29, 0.717) is 23.5 Å². The number of anilines is 3. The number of benzene rings is 2. The van der Waals surface area contributed by atoms with Gasteiger partial charge in [-0.3, -0.25) is 0 Å². The van der Waals surface area contributed by atoms with Crippen molar-refractivity contribution in [2.45, 2.75) is 6.92 Å². The summed E-state index contributed by atoms with van der Waals surface area (Å²) in [5.74, 6) is 0.756. The number of nitrogens with one attached hydrogen (secondary N) is 1. The van der Waals surface area contributed by atoms with E-state index in [4.69, 9.17) is 15.7 Å². The fourth-order valence-corrected chi connectivity index (χ4v) is 1.77. The first kappa shape index (κ1) is 12.8. The molecule has 4 heteroatoms. The van der Waals surface area contributed by atoms with E-state index in [0.717, 1.165) is 11.4 Å². The molecule has 2 aromatic carbocycles. The Labute approximate surface area is 112 Å². The van der Waals surface area contributed by atoms with Gasteiger partial charge in [-0.25, -0.2) is 0 Å². The Morgan fingerprint density at radius 2 is 1.89 bits per heavy atom. The summed E-state index contributed by atoms with van der Waals surface area (Å²) < 4.78 is 5.54. The summed E-state index contributed by atoms with van der Waals surface area (Å²) in [7, 11) is 0. The Balaban J connectivity index is 2.34. The Hall–Kier alpha value is -2.67. The molecular formula is C15H15N3O. The quantitative estimate of drug-likeness (QED) is 0.820. The van der Waals surface area contributed by atoms with Crippen LogP contribution in [0.1, 0.15) is 12.5 Å². The summed E-state index contributed by atoms with van der Waals surface area (Å²) in [4.78, 5) is 0. The van der Waals surface area contributed by atoms with Crippen LogP contribution in [0.2, 0.25) is 0 Å². The third-order valence-electron chi connectivity index (χ3n) is 2.68. The predicted octanol–water partition coefficient (Wildman–Crippen LogP) is 3.28. The smallest absolute Gasteiger partial charge is 0.142 e. The molecule has 0 atom stereocenters. The molecule has 0 bridgehead atoms. The Morgan fingerprint density at radius 1 is 1.16 bits per heavy atom. The summed E-state index contributed by atoms with van der Waals surface area (Å²) in [5.41, 5.74) is 8.36. The van der Waals surface area contributed by atoms with Crippen LogP contribution in [0.4, 0.5) is 17.1 Å². The van der Waals surface area contributed by atoms with Crippen molar-refractivity contribution in [2.75, 3.05) is 17.7 Å². The number of nitriles is 1. The van der Waals surface area contributed by atoms with Gasteiger partial charge in [-0.1, -0.05) is 18.2 Å². The maximum atomic E-state index is 8.97. The molecule has 0 aromatic heterocycles. The van der Waals surface area contributed by atoms with E-state index in [-0.39, 0.29) is 0 Å². The van der Waals surface area contributed by atoms with Gasteiger partial charge in [0.2, 0.25) is 0 Å². The topological polar surface area (TPSA) is 71.1 Å². The molecule has 19 heavy (non-hydrogen) atoms. The maximum Gasteiger partial charge on any atom is 0.142 e. The zero-order valence-electron chi connectivity index (χ0n) is 10.7. The molecule has 0 saturated heterocycles. The zero-order chi connectivity index (χ0) is 13.7. The van der Waals surface area contributed by atoms with E-state index in [1.54, 1.807) is 12.1 Å². The monoisotopic (exact) mass is 253 g/mol. The van der Waals surface area contributed by atoms with Gasteiger partial charge in [-0.05, 0) is 31.2 Å². The first-order chi connectivity index (χ1) is 9.26. The SMILES string of the molecule is CCOc1ccccc1Nc1cccc(C#N)c1N. The lowest BCUT2D eigenvalue weighted by molar-refractivity contribution is 0.342. The molecule has 0 fully saturated rings. The average Bonchev–Trinajstić information content (AvgIpc) is 2.43. The van der Waals surface area contributed by atoms with Gasteiger partial charge < -0.3 is 15.8 Å². The summed E-state index contributed by atoms with van der Waals surface area (Å²) in [6.45, 7) is 2.52. The van der Waals surface area contributed by atoms with E-state index in [1.165, 1.54) is 0 Å². The number of ether oxygens (including phenoxy) is 1. The minimum Gasteiger partial charge on any atom is -0.492 e. The minimum atomic E-state index is 0.441. The molecule has 0 amide bonds. The Morgan fingerprint density at radius 3 is 2.63 bits per heavy atom. The van der Waals surface area contributed by atoms with Crippen LogP contribution >= 0.6 is 0 Å². The van der Waals surface area contributed by atoms with E-state index in [9.17, 15) is 0 Å². The number of hydrogen-bond donors (Lipinski definition) is 2. The van der Waals surface area contributed by atoms with Gasteiger partial charge in [0.05, 0.1) is 29.2 Å². The molecular weight excluding hydrogens is 238 g/mol. The van der Waals surface area contributed by atoms with Crippen LogP contribution in [0.25, 0.3) is 0 Å². The third-order valence-corrected chi connectivity index (χ3v) is 2.68. The van der Waals surface area contributed by atoms with Gasteiger partial charge in [0.1, 0.15) is 11.8 Å². The van der Waals surface area contributed by atoms with Crippen LogP contribution in [0.15, 0.2) is 42.5 Å². The molecule has 0 spiro atoms. The molecule has 96 valence electrons. The molecule has 3 N–H and O–H groups in total. The maximum absolute atomic E-state index is 8.97. The van der Waals surface area contributed by atoms with E-state index in [1.807, 2.05) is 37.3 Å². The van der Waals surface area contributed by atoms with Crippen LogP contribution in [-0.2, 0) is 0 Å². The highest BCUT2D eigenvalue weighted by Gasteiger charge is 2.07. The number of nitrogens with two attached hydrogens (primary N) is 1. The lowest BCUT2D eigenvalue weighted by Crippen LogP contribution is -2.01. The van der Waals surface area contributed by atoms with Gasteiger partial charge in [0.15, 0.2) is 0 Å². The third kappa shape index (κ3) is 2.78. The Kier molecular flexibility index (Phi) is 3.89. The van der Waals surface area contributed by atoms with Crippen LogP contribution in [0.3, 0.4) is 0 Å². The second-order valence-corrected chi connectivity index (χ2v) is 3.93. The standard InChI is InChI=1S/C15H15N3O/c1-2-19-14-9-4-3-7-12(14)18-13-8-5-6-11(10-16)15(13)17/h3-9,18H,2,17H2,1H3. The van der Waals surface area contributed by atoms with Crippen molar-refractivity contribution in [1.29, 1.82) is 5.26 Å². The molecule has 2 aromatic rings. The first-order valence-corrected chi connectivity index (χ1v) is 6.03. The lowest BCUT2D eigenvalue weighted by atomic mass is 10.1. The summed E-state index contributed by atoms with van der Waals surface area (Å²) in [5, 5.41) is 12.2. The van der Waals surface area contributed by atoms with Crippen molar-refractivity contribution in [3.63, 3.8) is 0 Å². The molecule has 0 aliphatic rings. The van der Waals surface area contributed by atoms with Crippen molar-refractivity contribution in [3.05, 3.63) is 48.0 Å². The number of rotatable bonds is 4. The number of hydrogen-bond acceptors (Lipinski definition) is 4. The second-order valence-electron chi connectivity index (χ2n) is 3.93. The zero-order valence-corrected chi connectivity index (χ0v) is 10.7. The minimum absolute atomic E-state index is 0.441. The Bertz CT molecular complexity index is 617. The van der Waals surface area contributed by atoms with Gasteiger partial charge >= 0.3 is 0 Å². The number of para-hydroxylation sites is 3. The highest BCUT2D eigenvalue weighted by Crippen LogP contribution is 2.31. The van der Waals surface area contributed by atoms with Gasteiger partial charge in [0.25, 0.3) is 0 Å². The molecule has 0 saturated carbocycles.